The van der Waals surface area contributed by atoms with Crippen molar-refractivity contribution in [3.63, 3.8) is 0 Å². The Hall–Kier alpha value is -0.370. The summed E-state index contributed by atoms with van der Waals surface area (Å²) in [6.07, 6.45) is 6.32. The minimum absolute atomic E-state index is 0.367. The van der Waals surface area contributed by atoms with Crippen LogP contribution in [-0.4, -0.2) is 15.9 Å². The van der Waals surface area contributed by atoms with Crippen LogP contribution < -0.4 is 0 Å². The van der Waals surface area contributed by atoms with Crippen LogP contribution in [-0.2, 0) is 0 Å². The van der Waals surface area contributed by atoms with E-state index in [0.717, 1.165) is 10.9 Å². The van der Waals surface area contributed by atoms with Gasteiger partial charge in [-0.3, -0.25) is 0 Å². The van der Waals surface area contributed by atoms with Crippen molar-refractivity contribution < 1.29 is 0 Å². The minimum Gasteiger partial charge on any atom is -0.337 e. The molecule has 0 spiro atoms. The van der Waals surface area contributed by atoms with Crippen molar-refractivity contribution in [1.29, 1.82) is 0 Å². The molecule has 0 aromatic rings. The van der Waals surface area contributed by atoms with Crippen molar-refractivity contribution in [2.45, 2.75) is 53.0 Å². The van der Waals surface area contributed by atoms with Gasteiger partial charge < -0.3 is 4.90 Å². The molecule has 15 heavy (non-hydrogen) atoms. The standard InChI is InChI=1S/C13H21NS/c1-9-13(3,4)11-7-5-6-8-12(11)14(9)10(2)15/h8-9,11H,5-7H2,1-4H3. The molecule has 0 N–H and O–H groups in total. The lowest BCUT2D eigenvalue weighted by Crippen LogP contribution is -2.36. The Morgan fingerprint density at radius 1 is 1.53 bits per heavy atom. The van der Waals surface area contributed by atoms with Crippen molar-refractivity contribution in [3.05, 3.63) is 11.8 Å². The Balaban J connectivity index is 2.43. The fourth-order valence-corrected chi connectivity index (χ4v) is 3.45. The molecule has 0 saturated carbocycles. The van der Waals surface area contributed by atoms with Crippen LogP contribution >= 0.6 is 12.2 Å². The predicted octanol–water partition coefficient (Wildman–Crippen LogP) is 3.75. The third-order valence-electron chi connectivity index (χ3n) is 4.39. The highest BCUT2D eigenvalue weighted by Crippen LogP contribution is 2.51. The summed E-state index contributed by atoms with van der Waals surface area (Å²) in [5.41, 5.74) is 1.87. The molecular weight excluding hydrogens is 202 g/mol. The summed E-state index contributed by atoms with van der Waals surface area (Å²) >= 11 is 5.39. The van der Waals surface area contributed by atoms with Gasteiger partial charge in [-0.15, -0.1) is 0 Å². The van der Waals surface area contributed by atoms with Gasteiger partial charge in [0.25, 0.3) is 0 Å². The van der Waals surface area contributed by atoms with Crippen molar-refractivity contribution in [1.82, 2.24) is 4.90 Å². The molecular formula is C13H21NS. The molecule has 1 heterocycles. The van der Waals surface area contributed by atoms with Gasteiger partial charge in [0.1, 0.15) is 0 Å². The lowest BCUT2D eigenvalue weighted by Gasteiger charge is -2.31. The third-order valence-corrected chi connectivity index (χ3v) is 4.58. The van der Waals surface area contributed by atoms with E-state index in [4.69, 9.17) is 12.2 Å². The van der Waals surface area contributed by atoms with Crippen LogP contribution in [0.4, 0.5) is 0 Å². The van der Waals surface area contributed by atoms with E-state index < -0.39 is 0 Å². The molecule has 0 bridgehead atoms. The van der Waals surface area contributed by atoms with E-state index in [1.807, 2.05) is 0 Å². The Kier molecular flexibility index (Phi) is 2.66. The summed E-state index contributed by atoms with van der Waals surface area (Å²) in [6.45, 7) is 9.15. The van der Waals surface area contributed by atoms with Gasteiger partial charge in [-0.2, -0.15) is 0 Å². The largest absolute Gasteiger partial charge is 0.337 e. The monoisotopic (exact) mass is 223 g/mol. The zero-order chi connectivity index (χ0) is 11.2. The molecule has 2 aliphatic rings. The van der Waals surface area contributed by atoms with Gasteiger partial charge in [0.2, 0.25) is 0 Å². The molecule has 1 nitrogen and oxygen atoms in total. The average Bonchev–Trinajstić information content (AvgIpc) is 2.36. The zero-order valence-electron chi connectivity index (χ0n) is 10.2. The number of fused-ring (bicyclic) bond motifs is 1. The number of allylic oxidation sites excluding steroid dienone is 2. The van der Waals surface area contributed by atoms with E-state index in [-0.39, 0.29) is 0 Å². The Morgan fingerprint density at radius 3 is 2.80 bits per heavy atom. The summed E-state index contributed by atoms with van der Waals surface area (Å²) in [4.78, 5) is 3.42. The SMILES string of the molecule is CC(=S)N1C2=CCCCC2C(C)(C)C1C. The number of likely N-dealkylation sites (tertiary alicyclic amines) is 1. The maximum atomic E-state index is 5.39. The highest BCUT2D eigenvalue weighted by Gasteiger charge is 2.49. The first-order chi connectivity index (χ1) is 6.96. The smallest absolute Gasteiger partial charge is 0.0792 e. The van der Waals surface area contributed by atoms with Crippen LogP contribution in [0.2, 0.25) is 0 Å². The van der Waals surface area contributed by atoms with Gasteiger partial charge in [-0.05, 0) is 38.5 Å². The lowest BCUT2D eigenvalue weighted by atomic mass is 9.72. The zero-order valence-corrected chi connectivity index (χ0v) is 11.0. The van der Waals surface area contributed by atoms with Gasteiger partial charge >= 0.3 is 0 Å². The van der Waals surface area contributed by atoms with Crippen molar-refractivity contribution in [2.24, 2.45) is 11.3 Å². The second kappa shape index (κ2) is 3.58. The molecule has 0 radical (unpaired) electrons. The van der Waals surface area contributed by atoms with Gasteiger partial charge in [0.15, 0.2) is 0 Å². The van der Waals surface area contributed by atoms with Gasteiger partial charge in [-0.1, -0.05) is 32.1 Å². The van der Waals surface area contributed by atoms with E-state index in [1.54, 1.807) is 0 Å². The lowest BCUT2D eigenvalue weighted by molar-refractivity contribution is 0.213. The molecule has 1 aliphatic carbocycles. The van der Waals surface area contributed by atoms with Crippen LogP contribution in [0.15, 0.2) is 11.8 Å². The fourth-order valence-electron chi connectivity index (χ4n) is 3.18. The molecule has 84 valence electrons. The van der Waals surface area contributed by atoms with Gasteiger partial charge in [-0.25, -0.2) is 0 Å². The highest BCUT2D eigenvalue weighted by atomic mass is 32.1. The second-order valence-corrected chi connectivity index (χ2v) is 6.09. The average molecular weight is 223 g/mol. The molecule has 2 atom stereocenters. The van der Waals surface area contributed by atoms with Crippen molar-refractivity contribution >= 4 is 17.2 Å². The molecule has 0 aromatic carbocycles. The number of hydrogen-bond acceptors (Lipinski definition) is 1. The van der Waals surface area contributed by atoms with E-state index in [1.165, 1.54) is 25.0 Å². The van der Waals surface area contributed by atoms with Crippen molar-refractivity contribution in [3.8, 4) is 0 Å². The Morgan fingerprint density at radius 2 is 2.20 bits per heavy atom. The summed E-state index contributed by atoms with van der Waals surface area (Å²) in [6, 6.07) is 0.546. The van der Waals surface area contributed by atoms with E-state index in [9.17, 15) is 0 Å². The minimum atomic E-state index is 0.367. The van der Waals surface area contributed by atoms with E-state index in [2.05, 4.69) is 38.7 Å². The van der Waals surface area contributed by atoms with Gasteiger partial charge in [0, 0.05) is 17.7 Å². The second-order valence-electron chi connectivity index (χ2n) is 5.50. The van der Waals surface area contributed by atoms with E-state index in [0.29, 0.717) is 11.5 Å². The maximum Gasteiger partial charge on any atom is 0.0792 e. The molecule has 1 fully saturated rings. The van der Waals surface area contributed by atoms with Crippen LogP contribution in [0, 0.1) is 11.3 Å². The summed E-state index contributed by atoms with van der Waals surface area (Å²) < 4.78 is 0. The molecule has 2 unspecified atom stereocenters. The van der Waals surface area contributed by atoms with Crippen molar-refractivity contribution in [2.75, 3.05) is 0 Å². The Labute approximate surface area is 98.5 Å². The number of rotatable bonds is 0. The Bertz CT molecular complexity index is 316. The molecule has 2 rings (SSSR count). The maximum absolute atomic E-state index is 5.39. The highest BCUT2D eigenvalue weighted by molar-refractivity contribution is 7.80. The molecule has 1 aliphatic heterocycles. The number of nitrogens with zero attached hydrogens (tertiary/aromatic N) is 1. The normalized spacial score (nSPS) is 33.6. The van der Waals surface area contributed by atoms with Crippen LogP contribution in [0.3, 0.4) is 0 Å². The summed E-state index contributed by atoms with van der Waals surface area (Å²) in [5.74, 6) is 0.721. The molecule has 1 saturated heterocycles. The summed E-state index contributed by atoms with van der Waals surface area (Å²) in [5, 5.41) is 0. The van der Waals surface area contributed by atoms with Gasteiger partial charge in [0.05, 0.1) is 4.99 Å². The van der Waals surface area contributed by atoms with Crippen LogP contribution in [0.5, 0.6) is 0 Å². The fraction of sp³-hybridized carbons (Fsp3) is 0.769. The first-order valence-corrected chi connectivity index (χ1v) is 6.37. The molecule has 0 aromatic heterocycles. The number of hydrogen-bond donors (Lipinski definition) is 0. The first kappa shape index (κ1) is 11.1. The topological polar surface area (TPSA) is 3.24 Å². The van der Waals surface area contributed by atoms with Crippen LogP contribution in [0.25, 0.3) is 0 Å². The first-order valence-electron chi connectivity index (χ1n) is 5.96. The molecule has 2 heteroatoms. The van der Waals surface area contributed by atoms with Crippen LogP contribution in [0.1, 0.15) is 47.0 Å². The summed E-state index contributed by atoms with van der Waals surface area (Å²) in [7, 11) is 0. The predicted molar refractivity (Wildman–Crippen MR) is 68.8 cm³/mol. The van der Waals surface area contributed by atoms with E-state index >= 15 is 0 Å². The third kappa shape index (κ3) is 1.54. The quantitative estimate of drug-likeness (QED) is 0.575. The molecule has 0 amide bonds. The number of thiocarbonyl (C=S) groups is 1.